The predicted octanol–water partition coefficient (Wildman–Crippen LogP) is 2.40. The summed E-state index contributed by atoms with van der Waals surface area (Å²) >= 11 is 0. The van der Waals surface area contributed by atoms with Gasteiger partial charge in [0.25, 0.3) is 0 Å². The SMILES string of the molecule is Cc1cc2c(N3CCC(Oc4ccncc4C)C3)nccn2n1. The zero-order valence-electron chi connectivity index (χ0n) is 13.3. The molecule has 1 aliphatic heterocycles. The smallest absolute Gasteiger partial charge is 0.154 e. The van der Waals surface area contributed by atoms with E-state index in [0.717, 1.165) is 47.9 Å². The van der Waals surface area contributed by atoms with Gasteiger partial charge in [-0.3, -0.25) is 4.98 Å². The number of nitrogens with zero attached hydrogens (tertiary/aromatic N) is 5. The first-order chi connectivity index (χ1) is 11.2. The first kappa shape index (κ1) is 14.0. The van der Waals surface area contributed by atoms with Crippen molar-refractivity contribution in [2.45, 2.75) is 26.4 Å². The van der Waals surface area contributed by atoms with Gasteiger partial charge in [-0.1, -0.05) is 0 Å². The molecule has 1 atom stereocenters. The molecule has 6 heteroatoms. The van der Waals surface area contributed by atoms with Crippen molar-refractivity contribution in [3.8, 4) is 5.75 Å². The van der Waals surface area contributed by atoms with Crippen LogP contribution in [0.1, 0.15) is 17.7 Å². The van der Waals surface area contributed by atoms with Crippen LogP contribution in [0.2, 0.25) is 0 Å². The first-order valence-corrected chi connectivity index (χ1v) is 7.84. The Balaban J connectivity index is 1.55. The third-order valence-corrected chi connectivity index (χ3v) is 4.20. The Morgan fingerprint density at radius 1 is 1.26 bits per heavy atom. The molecule has 0 N–H and O–H groups in total. The van der Waals surface area contributed by atoms with E-state index in [2.05, 4.69) is 26.0 Å². The molecule has 0 aromatic carbocycles. The van der Waals surface area contributed by atoms with E-state index < -0.39 is 0 Å². The van der Waals surface area contributed by atoms with Crippen LogP contribution in [-0.2, 0) is 0 Å². The lowest BCUT2D eigenvalue weighted by atomic mass is 10.2. The van der Waals surface area contributed by atoms with E-state index >= 15 is 0 Å². The van der Waals surface area contributed by atoms with Crippen molar-refractivity contribution in [2.24, 2.45) is 0 Å². The lowest BCUT2D eigenvalue weighted by Crippen LogP contribution is -2.25. The molecule has 0 amide bonds. The first-order valence-electron chi connectivity index (χ1n) is 7.84. The Bertz CT molecular complexity index is 844. The van der Waals surface area contributed by atoms with Crippen LogP contribution in [0.4, 0.5) is 5.82 Å². The summed E-state index contributed by atoms with van der Waals surface area (Å²) in [6.45, 7) is 5.79. The van der Waals surface area contributed by atoms with Gasteiger partial charge in [0, 0.05) is 43.3 Å². The molecule has 0 bridgehead atoms. The highest BCUT2D eigenvalue weighted by molar-refractivity contribution is 5.69. The standard InChI is InChI=1S/C17H19N5O/c1-12-10-18-5-3-16(12)23-14-4-7-21(11-14)17-15-9-13(2)20-22(15)8-6-19-17/h3,5-6,8-10,14H,4,7,11H2,1-2H3. The van der Waals surface area contributed by atoms with Gasteiger partial charge in [-0.05, 0) is 26.0 Å². The van der Waals surface area contributed by atoms with Gasteiger partial charge in [0.2, 0.25) is 0 Å². The van der Waals surface area contributed by atoms with E-state index in [4.69, 9.17) is 4.74 Å². The molecule has 0 saturated carbocycles. The molecule has 3 aromatic heterocycles. The molecular formula is C17H19N5O. The van der Waals surface area contributed by atoms with Gasteiger partial charge in [0.1, 0.15) is 17.4 Å². The number of fused-ring (bicyclic) bond motifs is 1. The van der Waals surface area contributed by atoms with Gasteiger partial charge in [0.15, 0.2) is 5.82 Å². The van der Waals surface area contributed by atoms with Crippen LogP contribution >= 0.6 is 0 Å². The van der Waals surface area contributed by atoms with Crippen LogP contribution in [0.5, 0.6) is 5.75 Å². The third-order valence-electron chi connectivity index (χ3n) is 4.20. The maximum Gasteiger partial charge on any atom is 0.154 e. The Hall–Kier alpha value is -2.63. The number of aryl methyl sites for hydroxylation is 2. The van der Waals surface area contributed by atoms with E-state index in [1.807, 2.05) is 36.8 Å². The molecule has 6 nitrogen and oxygen atoms in total. The fourth-order valence-corrected chi connectivity index (χ4v) is 3.06. The monoisotopic (exact) mass is 309 g/mol. The molecule has 1 unspecified atom stereocenters. The van der Waals surface area contributed by atoms with Crippen LogP contribution in [0.15, 0.2) is 36.9 Å². The number of rotatable bonds is 3. The molecule has 4 heterocycles. The fraction of sp³-hybridized carbons (Fsp3) is 0.353. The fourth-order valence-electron chi connectivity index (χ4n) is 3.06. The van der Waals surface area contributed by atoms with Crippen LogP contribution in [0, 0.1) is 13.8 Å². The minimum Gasteiger partial charge on any atom is -0.488 e. The zero-order valence-corrected chi connectivity index (χ0v) is 13.3. The average Bonchev–Trinajstić information content (AvgIpc) is 3.14. The zero-order chi connectivity index (χ0) is 15.8. The summed E-state index contributed by atoms with van der Waals surface area (Å²) in [4.78, 5) is 10.9. The molecule has 3 aromatic rings. The molecular weight excluding hydrogens is 290 g/mol. The Labute approximate surface area is 134 Å². The summed E-state index contributed by atoms with van der Waals surface area (Å²) in [5.41, 5.74) is 3.11. The lowest BCUT2D eigenvalue weighted by molar-refractivity contribution is 0.223. The molecule has 23 heavy (non-hydrogen) atoms. The minimum atomic E-state index is 0.169. The van der Waals surface area contributed by atoms with Crippen molar-refractivity contribution in [1.82, 2.24) is 19.6 Å². The predicted molar refractivity (Wildman–Crippen MR) is 87.9 cm³/mol. The van der Waals surface area contributed by atoms with Gasteiger partial charge in [-0.15, -0.1) is 0 Å². The van der Waals surface area contributed by atoms with E-state index in [0.29, 0.717) is 0 Å². The van der Waals surface area contributed by atoms with E-state index in [1.165, 1.54) is 0 Å². The summed E-state index contributed by atoms with van der Waals surface area (Å²) in [7, 11) is 0. The highest BCUT2D eigenvalue weighted by atomic mass is 16.5. The van der Waals surface area contributed by atoms with Crippen molar-refractivity contribution in [2.75, 3.05) is 18.0 Å². The van der Waals surface area contributed by atoms with Gasteiger partial charge in [0.05, 0.1) is 12.2 Å². The Morgan fingerprint density at radius 3 is 3.04 bits per heavy atom. The van der Waals surface area contributed by atoms with Gasteiger partial charge in [-0.2, -0.15) is 5.10 Å². The van der Waals surface area contributed by atoms with E-state index in [1.54, 1.807) is 12.4 Å². The second-order valence-corrected chi connectivity index (χ2v) is 5.98. The van der Waals surface area contributed by atoms with Crippen molar-refractivity contribution >= 4 is 11.3 Å². The maximum atomic E-state index is 6.14. The van der Waals surface area contributed by atoms with Crippen LogP contribution in [0.3, 0.4) is 0 Å². The summed E-state index contributed by atoms with van der Waals surface area (Å²) in [5.74, 6) is 1.89. The molecule has 4 rings (SSSR count). The van der Waals surface area contributed by atoms with Crippen molar-refractivity contribution in [1.29, 1.82) is 0 Å². The van der Waals surface area contributed by atoms with Crippen molar-refractivity contribution in [3.63, 3.8) is 0 Å². The summed E-state index contributed by atoms with van der Waals surface area (Å²) in [6.07, 6.45) is 8.44. The molecule has 1 fully saturated rings. The minimum absolute atomic E-state index is 0.169. The highest BCUT2D eigenvalue weighted by Gasteiger charge is 2.27. The number of hydrogen-bond donors (Lipinski definition) is 0. The van der Waals surface area contributed by atoms with E-state index in [9.17, 15) is 0 Å². The maximum absolute atomic E-state index is 6.14. The molecule has 118 valence electrons. The summed E-state index contributed by atoms with van der Waals surface area (Å²) in [6, 6.07) is 4.00. The quantitative estimate of drug-likeness (QED) is 0.743. The largest absolute Gasteiger partial charge is 0.488 e. The number of aromatic nitrogens is 4. The molecule has 0 aliphatic carbocycles. The number of ether oxygens (including phenoxy) is 1. The topological polar surface area (TPSA) is 55.5 Å². The van der Waals surface area contributed by atoms with Crippen LogP contribution < -0.4 is 9.64 Å². The Kier molecular flexibility index (Phi) is 3.37. The van der Waals surface area contributed by atoms with Crippen molar-refractivity contribution < 1.29 is 4.74 Å². The van der Waals surface area contributed by atoms with Gasteiger partial charge < -0.3 is 9.64 Å². The van der Waals surface area contributed by atoms with Crippen LogP contribution in [0.25, 0.3) is 5.52 Å². The Morgan fingerprint density at radius 2 is 2.17 bits per heavy atom. The number of hydrogen-bond acceptors (Lipinski definition) is 5. The van der Waals surface area contributed by atoms with E-state index in [-0.39, 0.29) is 6.10 Å². The normalized spacial score (nSPS) is 17.8. The third kappa shape index (κ3) is 2.60. The van der Waals surface area contributed by atoms with Crippen LogP contribution in [-0.4, -0.2) is 38.8 Å². The second-order valence-electron chi connectivity index (χ2n) is 5.98. The molecule has 1 saturated heterocycles. The number of pyridine rings is 1. The number of anilines is 1. The molecule has 0 spiro atoms. The molecule has 1 aliphatic rings. The van der Waals surface area contributed by atoms with Crippen molar-refractivity contribution in [3.05, 3.63) is 48.2 Å². The second kappa shape index (κ2) is 5.53. The summed E-state index contributed by atoms with van der Waals surface area (Å²) in [5, 5.41) is 4.46. The van der Waals surface area contributed by atoms with Gasteiger partial charge in [-0.25, -0.2) is 9.50 Å². The molecule has 0 radical (unpaired) electrons. The highest BCUT2D eigenvalue weighted by Crippen LogP contribution is 2.26. The summed E-state index contributed by atoms with van der Waals surface area (Å²) < 4.78 is 8.03. The lowest BCUT2D eigenvalue weighted by Gasteiger charge is -2.19. The van der Waals surface area contributed by atoms with Gasteiger partial charge >= 0.3 is 0 Å². The average molecular weight is 309 g/mol.